The van der Waals surface area contributed by atoms with E-state index in [2.05, 4.69) is 36.6 Å². The number of ether oxygens (including phenoxy) is 1. The van der Waals surface area contributed by atoms with Crippen LogP contribution in [0.15, 0.2) is 53.0 Å². The standard InChI is InChI=1S/C18H15BrCl3N3O3S/c1-28-15(27)11-4-8-13(9-5-11)23-17(29)25-16(18(20,21)22)24-14(26)10-2-6-12(19)7-3-10/h2-9,16H,1H3,(H,24,26)(H2,23,25,29)/t16-/m0/s1. The molecule has 0 aliphatic heterocycles. The van der Waals surface area contributed by atoms with Gasteiger partial charge in [0, 0.05) is 15.7 Å². The third kappa shape index (κ3) is 7.31. The number of hydrogen-bond acceptors (Lipinski definition) is 4. The van der Waals surface area contributed by atoms with Gasteiger partial charge in [-0.05, 0) is 60.7 Å². The maximum Gasteiger partial charge on any atom is 0.337 e. The number of anilines is 1. The molecule has 0 bridgehead atoms. The van der Waals surface area contributed by atoms with Crippen LogP contribution in [0.25, 0.3) is 0 Å². The third-order valence-electron chi connectivity index (χ3n) is 3.55. The molecule has 3 N–H and O–H groups in total. The summed E-state index contributed by atoms with van der Waals surface area (Å²) in [7, 11) is 1.30. The lowest BCUT2D eigenvalue weighted by Crippen LogP contribution is -2.56. The summed E-state index contributed by atoms with van der Waals surface area (Å²) in [6, 6.07) is 13.1. The van der Waals surface area contributed by atoms with Gasteiger partial charge < -0.3 is 20.7 Å². The van der Waals surface area contributed by atoms with Gasteiger partial charge in [0.15, 0.2) is 5.11 Å². The maximum absolute atomic E-state index is 12.4. The molecule has 154 valence electrons. The van der Waals surface area contributed by atoms with Crippen molar-refractivity contribution in [2.24, 2.45) is 0 Å². The van der Waals surface area contributed by atoms with Gasteiger partial charge in [0.05, 0.1) is 12.7 Å². The van der Waals surface area contributed by atoms with Crippen molar-refractivity contribution in [2.75, 3.05) is 12.4 Å². The average molecular weight is 540 g/mol. The predicted octanol–water partition coefficient (Wildman–Crippen LogP) is 4.65. The zero-order chi connectivity index (χ0) is 21.6. The van der Waals surface area contributed by atoms with Crippen molar-refractivity contribution >= 4 is 85.6 Å². The van der Waals surface area contributed by atoms with Crippen LogP contribution in [0.1, 0.15) is 20.7 Å². The Labute approximate surface area is 196 Å². The van der Waals surface area contributed by atoms with Crippen LogP contribution in [0.2, 0.25) is 0 Å². The zero-order valence-electron chi connectivity index (χ0n) is 14.8. The molecule has 2 rings (SSSR count). The minimum atomic E-state index is -1.88. The Balaban J connectivity index is 2.04. The molecule has 0 spiro atoms. The van der Waals surface area contributed by atoms with E-state index in [9.17, 15) is 9.59 Å². The topological polar surface area (TPSA) is 79.5 Å². The van der Waals surface area contributed by atoms with Crippen molar-refractivity contribution in [3.63, 3.8) is 0 Å². The molecule has 0 heterocycles. The lowest BCUT2D eigenvalue weighted by Gasteiger charge is -2.27. The lowest BCUT2D eigenvalue weighted by atomic mass is 10.2. The van der Waals surface area contributed by atoms with Crippen LogP contribution in [0.5, 0.6) is 0 Å². The van der Waals surface area contributed by atoms with E-state index in [0.29, 0.717) is 16.8 Å². The van der Waals surface area contributed by atoms with Gasteiger partial charge >= 0.3 is 5.97 Å². The number of carbonyl (C=O) groups excluding carboxylic acids is 2. The molecule has 6 nitrogen and oxygen atoms in total. The van der Waals surface area contributed by atoms with E-state index in [0.717, 1.165) is 4.47 Å². The Kier molecular flexibility index (Phi) is 8.54. The Morgan fingerprint density at radius 2 is 1.55 bits per heavy atom. The molecule has 0 unspecified atom stereocenters. The van der Waals surface area contributed by atoms with E-state index >= 15 is 0 Å². The number of esters is 1. The van der Waals surface area contributed by atoms with Gasteiger partial charge in [-0.25, -0.2) is 4.79 Å². The highest BCUT2D eigenvalue weighted by Crippen LogP contribution is 2.29. The fourth-order valence-corrected chi connectivity index (χ4v) is 2.95. The van der Waals surface area contributed by atoms with Gasteiger partial charge in [-0.3, -0.25) is 4.79 Å². The molecule has 2 aromatic rings. The van der Waals surface area contributed by atoms with Crippen molar-refractivity contribution in [2.45, 2.75) is 9.96 Å². The van der Waals surface area contributed by atoms with Gasteiger partial charge in [-0.15, -0.1) is 0 Å². The molecule has 1 atom stereocenters. The molecule has 0 saturated carbocycles. The molecule has 0 aliphatic rings. The first-order valence-electron chi connectivity index (χ1n) is 7.99. The first-order chi connectivity index (χ1) is 13.6. The number of halogens is 4. The Morgan fingerprint density at radius 1 is 1.00 bits per heavy atom. The number of benzene rings is 2. The van der Waals surface area contributed by atoms with Gasteiger partial charge in [-0.2, -0.15) is 0 Å². The number of carbonyl (C=O) groups is 2. The Bertz CT molecular complexity index is 890. The van der Waals surface area contributed by atoms with E-state index < -0.39 is 21.8 Å². The second kappa shape index (κ2) is 10.4. The molecule has 0 aromatic heterocycles. The highest BCUT2D eigenvalue weighted by Gasteiger charge is 2.34. The van der Waals surface area contributed by atoms with Crippen LogP contribution >= 0.6 is 63.0 Å². The van der Waals surface area contributed by atoms with Crippen molar-refractivity contribution in [1.29, 1.82) is 0 Å². The zero-order valence-corrected chi connectivity index (χ0v) is 19.5. The smallest absolute Gasteiger partial charge is 0.337 e. The first-order valence-corrected chi connectivity index (χ1v) is 10.3. The second-order valence-electron chi connectivity index (χ2n) is 5.62. The van der Waals surface area contributed by atoms with E-state index in [-0.39, 0.29) is 5.11 Å². The van der Waals surface area contributed by atoms with Crippen LogP contribution in [0, 0.1) is 0 Å². The van der Waals surface area contributed by atoms with E-state index in [1.807, 2.05) is 0 Å². The quantitative estimate of drug-likeness (QED) is 0.222. The minimum Gasteiger partial charge on any atom is -0.465 e. The largest absolute Gasteiger partial charge is 0.465 e. The van der Waals surface area contributed by atoms with Crippen molar-refractivity contribution < 1.29 is 14.3 Å². The molecule has 0 aliphatic carbocycles. The minimum absolute atomic E-state index is 0.100. The average Bonchev–Trinajstić information content (AvgIpc) is 2.67. The van der Waals surface area contributed by atoms with Crippen LogP contribution in [-0.2, 0) is 4.74 Å². The number of amides is 1. The number of hydrogen-bond donors (Lipinski definition) is 3. The van der Waals surface area contributed by atoms with Crippen molar-refractivity contribution in [3.05, 3.63) is 64.1 Å². The van der Waals surface area contributed by atoms with Crippen LogP contribution in [-0.4, -0.2) is 34.1 Å². The number of alkyl halides is 3. The predicted molar refractivity (Wildman–Crippen MR) is 123 cm³/mol. The summed E-state index contributed by atoms with van der Waals surface area (Å²) in [5.41, 5.74) is 1.35. The van der Waals surface area contributed by atoms with Gasteiger partial charge in [0.25, 0.3) is 5.91 Å². The second-order valence-corrected chi connectivity index (χ2v) is 9.32. The number of nitrogens with one attached hydrogen (secondary N) is 3. The SMILES string of the molecule is COC(=O)c1ccc(NC(=S)N[C@H](NC(=O)c2ccc(Br)cc2)C(Cl)(Cl)Cl)cc1. The molecular weight excluding hydrogens is 525 g/mol. The summed E-state index contributed by atoms with van der Waals surface area (Å²) in [5.74, 6) is -0.907. The summed E-state index contributed by atoms with van der Waals surface area (Å²) in [6.45, 7) is 0. The highest BCUT2D eigenvalue weighted by atomic mass is 79.9. The third-order valence-corrected chi connectivity index (χ3v) is 4.95. The Morgan fingerprint density at radius 3 is 2.07 bits per heavy atom. The van der Waals surface area contributed by atoms with E-state index in [1.54, 1.807) is 48.5 Å². The summed E-state index contributed by atoms with van der Waals surface area (Å²) < 4.78 is 3.59. The monoisotopic (exact) mass is 537 g/mol. The molecule has 29 heavy (non-hydrogen) atoms. The lowest BCUT2D eigenvalue weighted by molar-refractivity contribution is 0.0600. The molecular formula is C18H15BrCl3N3O3S. The van der Waals surface area contributed by atoms with Crippen LogP contribution < -0.4 is 16.0 Å². The number of thiocarbonyl (C=S) groups is 1. The van der Waals surface area contributed by atoms with Crippen LogP contribution in [0.4, 0.5) is 5.69 Å². The molecule has 0 radical (unpaired) electrons. The number of methoxy groups -OCH3 is 1. The maximum atomic E-state index is 12.4. The van der Waals surface area contributed by atoms with Gasteiger partial charge in [0.1, 0.15) is 6.17 Å². The molecule has 2 aromatic carbocycles. The summed E-state index contributed by atoms with van der Waals surface area (Å²) in [6.07, 6.45) is -1.11. The number of rotatable bonds is 5. The van der Waals surface area contributed by atoms with E-state index in [1.165, 1.54) is 7.11 Å². The highest BCUT2D eigenvalue weighted by molar-refractivity contribution is 9.10. The van der Waals surface area contributed by atoms with E-state index in [4.69, 9.17) is 47.0 Å². The molecule has 0 fully saturated rings. The van der Waals surface area contributed by atoms with Gasteiger partial charge in [-0.1, -0.05) is 50.7 Å². The first kappa shape index (κ1) is 23.7. The van der Waals surface area contributed by atoms with Crippen molar-refractivity contribution in [3.8, 4) is 0 Å². The molecule has 1 amide bonds. The summed E-state index contributed by atoms with van der Waals surface area (Å²) in [5, 5.41) is 8.33. The van der Waals surface area contributed by atoms with Crippen LogP contribution in [0.3, 0.4) is 0 Å². The normalized spacial score (nSPS) is 11.9. The van der Waals surface area contributed by atoms with Crippen molar-refractivity contribution in [1.82, 2.24) is 10.6 Å². The summed E-state index contributed by atoms with van der Waals surface area (Å²) in [4.78, 5) is 23.9. The summed E-state index contributed by atoms with van der Waals surface area (Å²) >= 11 is 26.5. The Hall–Kier alpha value is -1.58. The molecule has 0 saturated heterocycles. The van der Waals surface area contributed by atoms with Gasteiger partial charge in [0.2, 0.25) is 3.79 Å². The fraction of sp³-hybridized carbons (Fsp3) is 0.167. The molecule has 11 heteroatoms. The fourth-order valence-electron chi connectivity index (χ4n) is 2.12.